The number of thiol groups is 1. The van der Waals surface area contributed by atoms with Gasteiger partial charge in [0.15, 0.2) is 0 Å². The van der Waals surface area contributed by atoms with Gasteiger partial charge >= 0.3 is 0 Å². The smallest absolute Gasteiger partial charge is 0.224 e. The summed E-state index contributed by atoms with van der Waals surface area (Å²) in [6.45, 7) is 0. The van der Waals surface area contributed by atoms with Crippen LogP contribution in [0.25, 0.3) is 0 Å². The van der Waals surface area contributed by atoms with E-state index >= 15 is 0 Å². The minimum atomic E-state index is 0.0862. The molecule has 2 aliphatic heterocycles. The molecule has 3 nitrogen and oxygen atoms in total. The molecule has 1 N–H and O–H groups in total. The van der Waals surface area contributed by atoms with E-state index in [1.54, 1.807) is 0 Å². The molecule has 2 aliphatic rings. The number of amides is 1. The van der Waals surface area contributed by atoms with E-state index in [1.165, 1.54) is 0 Å². The minimum Gasteiger partial charge on any atom is -0.373 e. The standard InChI is InChI=1S/C14H17NO2S/c16-14(7-9-1-4-11(18)5-2-9)15-12-8-10-3-6-13(12)17-10/h1-2,4-5,10,12-13,18H,3,6-8H2,(H,15,16). The maximum Gasteiger partial charge on any atom is 0.224 e. The van der Waals surface area contributed by atoms with Gasteiger partial charge in [0.25, 0.3) is 0 Å². The van der Waals surface area contributed by atoms with Crippen molar-refractivity contribution in [2.75, 3.05) is 0 Å². The van der Waals surface area contributed by atoms with Gasteiger partial charge in [0.05, 0.1) is 24.7 Å². The molecule has 0 aliphatic carbocycles. The highest BCUT2D eigenvalue weighted by atomic mass is 32.1. The van der Waals surface area contributed by atoms with Crippen molar-refractivity contribution in [2.24, 2.45) is 0 Å². The third-order valence-electron chi connectivity index (χ3n) is 3.75. The van der Waals surface area contributed by atoms with E-state index in [9.17, 15) is 4.79 Å². The Bertz CT molecular complexity index is 446. The summed E-state index contributed by atoms with van der Waals surface area (Å²) < 4.78 is 5.73. The first-order valence-corrected chi connectivity index (χ1v) is 6.88. The molecule has 3 unspecified atom stereocenters. The zero-order valence-electron chi connectivity index (χ0n) is 10.1. The number of benzene rings is 1. The Morgan fingerprint density at radius 3 is 2.72 bits per heavy atom. The van der Waals surface area contributed by atoms with Gasteiger partial charge in [0.1, 0.15) is 0 Å². The summed E-state index contributed by atoms with van der Waals surface area (Å²) in [5.74, 6) is 0.0862. The van der Waals surface area contributed by atoms with Gasteiger partial charge in [-0.1, -0.05) is 12.1 Å². The summed E-state index contributed by atoms with van der Waals surface area (Å²) in [5, 5.41) is 3.09. The van der Waals surface area contributed by atoms with Crippen LogP contribution >= 0.6 is 12.6 Å². The Morgan fingerprint density at radius 2 is 2.11 bits per heavy atom. The number of carbonyl (C=O) groups is 1. The maximum atomic E-state index is 11.9. The van der Waals surface area contributed by atoms with Crippen molar-refractivity contribution in [1.29, 1.82) is 0 Å². The van der Waals surface area contributed by atoms with Crippen LogP contribution in [0.4, 0.5) is 0 Å². The van der Waals surface area contributed by atoms with Crippen LogP contribution in [0.5, 0.6) is 0 Å². The summed E-state index contributed by atoms with van der Waals surface area (Å²) in [5.41, 5.74) is 1.02. The molecule has 96 valence electrons. The van der Waals surface area contributed by atoms with Gasteiger partial charge in [0, 0.05) is 4.90 Å². The molecule has 0 aromatic heterocycles. The van der Waals surface area contributed by atoms with Crippen molar-refractivity contribution in [3.05, 3.63) is 29.8 Å². The number of rotatable bonds is 3. The van der Waals surface area contributed by atoms with Crippen LogP contribution in [0.1, 0.15) is 24.8 Å². The Labute approximate surface area is 112 Å². The van der Waals surface area contributed by atoms with Crippen molar-refractivity contribution in [2.45, 2.75) is 48.8 Å². The average Bonchev–Trinajstić information content (AvgIpc) is 2.94. The van der Waals surface area contributed by atoms with Crippen LogP contribution < -0.4 is 5.32 Å². The molecule has 3 atom stereocenters. The fraction of sp³-hybridized carbons (Fsp3) is 0.500. The van der Waals surface area contributed by atoms with E-state index in [0.29, 0.717) is 12.5 Å². The van der Waals surface area contributed by atoms with Crippen LogP contribution in [0, 0.1) is 0 Å². The van der Waals surface area contributed by atoms with Crippen LogP contribution in [0.3, 0.4) is 0 Å². The number of hydrogen-bond donors (Lipinski definition) is 2. The lowest BCUT2D eigenvalue weighted by atomic mass is 9.95. The number of nitrogens with one attached hydrogen (secondary N) is 1. The molecule has 4 heteroatoms. The molecule has 18 heavy (non-hydrogen) atoms. The van der Waals surface area contributed by atoms with Crippen LogP contribution in [0.15, 0.2) is 29.2 Å². The van der Waals surface area contributed by atoms with Crippen LogP contribution in [-0.2, 0) is 16.0 Å². The number of fused-ring (bicyclic) bond motifs is 2. The third-order valence-corrected chi connectivity index (χ3v) is 4.05. The fourth-order valence-electron chi connectivity index (χ4n) is 2.85. The third kappa shape index (κ3) is 2.54. The number of carbonyl (C=O) groups excluding carboxylic acids is 1. The second kappa shape index (κ2) is 4.94. The van der Waals surface area contributed by atoms with E-state index in [-0.39, 0.29) is 18.1 Å². The first-order chi connectivity index (χ1) is 8.70. The topological polar surface area (TPSA) is 38.3 Å². The summed E-state index contributed by atoms with van der Waals surface area (Å²) in [7, 11) is 0. The zero-order chi connectivity index (χ0) is 12.5. The predicted octanol–water partition coefficient (Wildman–Crippen LogP) is 1.95. The zero-order valence-corrected chi connectivity index (χ0v) is 11.0. The minimum absolute atomic E-state index is 0.0862. The highest BCUT2D eigenvalue weighted by molar-refractivity contribution is 7.80. The van der Waals surface area contributed by atoms with Crippen molar-refractivity contribution in [1.82, 2.24) is 5.32 Å². The Hall–Kier alpha value is -1.00. The second-order valence-electron chi connectivity index (χ2n) is 5.13. The van der Waals surface area contributed by atoms with Gasteiger partial charge < -0.3 is 10.1 Å². The van der Waals surface area contributed by atoms with E-state index in [0.717, 1.165) is 29.7 Å². The molecule has 1 aromatic carbocycles. The summed E-state index contributed by atoms with van der Waals surface area (Å²) in [6, 6.07) is 7.93. The molecule has 2 saturated heterocycles. The Kier molecular flexibility index (Phi) is 3.31. The molecule has 0 radical (unpaired) electrons. The lowest BCUT2D eigenvalue weighted by molar-refractivity contribution is -0.121. The molecular weight excluding hydrogens is 246 g/mol. The Balaban J connectivity index is 1.54. The van der Waals surface area contributed by atoms with Crippen LogP contribution in [0.2, 0.25) is 0 Å². The normalized spacial score (nSPS) is 29.5. The quantitative estimate of drug-likeness (QED) is 0.818. The summed E-state index contributed by atoms with van der Waals surface area (Å²) in [4.78, 5) is 12.9. The predicted molar refractivity (Wildman–Crippen MR) is 71.8 cm³/mol. The highest BCUT2D eigenvalue weighted by Gasteiger charge is 2.41. The molecule has 1 aromatic rings. The lowest BCUT2D eigenvalue weighted by Gasteiger charge is -2.20. The molecule has 2 bridgehead atoms. The molecule has 0 spiro atoms. The molecular formula is C14H17NO2S. The van der Waals surface area contributed by atoms with Gasteiger partial charge in [-0.05, 0) is 37.0 Å². The van der Waals surface area contributed by atoms with E-state index < -0.39 is 0 Å². The van der Waals surface area contributed by atoms with E-state index in [2.05, 4.69) is 17.9 Å². The fourth-order valence-corrected chi connectivity index (χ4v) is 3.00. The lowest BCUT2D eigenvalue weighted by Crippen LogP contribution is -2.42. The number of ether oxygens (including phenoxy) is 1. The molecule has 3 rings (SSSR count). The van der Waals surface area contributed by atoms with Crippen molar-refractivity contribution >= 4 is 18.5 Å². The second-order valence-corrected chi connectivity index (χ2v) is 5.64. The molecule has 2 fully saturated rings. The van der Waals surface area contributed by atoms with Crippen LogP contribution in [-0.4, -0.2) is 24.2 Å². The van der Waals surface area contributed by atoms with E-state index in [4.69, 9.17) is 4.74 Å². The van der Waals surface area contributed by atoms with Gasteiger partial charge in [-0.3, -0.25) is 4.79 Å². The van der Waals surface area contributed by atoms with Crippen molar-refractivity contribution < 1.29 is 9.53 Å². The molecule has 0 saturated carbocycles. The molecule has 1 amide bonds. The van der Waals surface area contributed by atoms with Gasteiger partial charge in [-0.25, -0.2) is 0 Å². The highest BCUT2D eigenvalue weighted by Crippen LogP contribution is 2.34. The SMILES string of the molecule is O=C(Cc1ccc(S)cc1)NC1CC2CCC1O2. The number of hydrogen-bond acceptors (Lipinski definition) is 3. The largest absolute Gasteiger partial charge is 0.373 e. The monoisotopic (exact) mass is 263 g/mol. The maximum absolute atomic E-state index is 11.9. The van der Waals surface area contributed by atoms with Gasteiger partial charge in [0.2, 0.25) is 5.91 Å². The van der Waals surface area contributed by atoms with E-state index in [1.807, 2.05) is 24.3 Å². The summed E-state index contributed by atoms with van der Waals surface area (Å²) in [6.07, 6.45) is 4.28. The van der Waals surface area contributed by atoms with Gasteiger partial charge in [-0.2, -0.15) is 0 Å². The average molecular weight is 263 g/mol. The molecule has 2 heterocycles. The van der Waals surface area contributed by atoms with Crippen molar-refractivity contribution in [3.8, 4) is 0 Å². The van der Waals surface area contributed by atoms with Crippen molar-refractivity contribution in [3.63, 3.8) is 0 Å². The Morgan fingerprint density at radius 1 is 1.33 bits per heavy atom. The first-order valence-electron chi connectivity index (χ1n) is 6.43. The summed E-state index contributed by atoms with van der Waals surface area (Å²) >= 11 is 4.23. The first kappa shape index (κ1) is 12.1. The van der Waals surface area contributed by atoms with Gasteiger partial charge in [-0.15, -0.1) is 12.6 Å².